The smallest absolute Gasteiger partial charge is 0.326 e. The molecule has 15 N–H and O–H groups in total. The van der Waals surface area contributed by atoms with E-state index in [1.165, 1.54) is 13.8 Å². The van der Waals surface area contributed by atoms with Gasteiger partial charge in [-0.15, -0.1) is 0 Å². The predicted octanol–water partition coefficient (Wildman–Crippen LogP) is -2.87. The molecule has 8 amide bonds. The number of carbonyl (C=O) groups is 11. The number of carbonyl (C=O) groups excluding carboxylic acids is 8. The van der Waals surface area contributed by atoms with Crippen LogP contribution in [0.3, 0.4) is 0 Å². The average molecular weight is 936 g/mol. The van der Waals surface area contributed by atoms with Crippen molar-refractivity contribution in [3.63, 3.8) is 0 Å². The Morgan fingerprint density at radius 3 is 1.58 bits per heavy atom. The Hall–Kier alpha value is -6.69. The van der Waals surface area contributed by atoms with Crippen LogP contribution in [0.5, 0.6) is 0 Å². The maximum Gasteiger partial charge on any atom is 0.326 e. The second-order valence-corrected chi connectivity index (χ2v) is 16.6. The largest absolute Gasteiger partial charge is 0.481 e. The molecule has 1 aromatic carbocycles. The van der Waals surface area contributed by atoms with E-state index in [0.29, 0.717) is 5.56 Å². The Bertz CT molecular complexity index is 1880. The van der Waals surface area contributed by atoms with E-state index in [1.54, 1.807) is 58.0 Å². The van der Waals surface area contributed by atoms with E-state index >= 15 is 0 Å². The minimum absolute atomic E-state index is 0.0777. The molecular formula is C42H65N9O15. The predicted molar refractivity (Wildman–Crippen MR) is 233 cm³/mol. The SMILES string of the molecule is CC(C)C[C@H](NC(=O)[C@H](CC(N)=O)NC(=O)[C@H](C)NC(=O)[C@@H](N)CCC(=O)O)[C@@H](O)CC(=O)N[C@H](C(=O)N[C@@H](C)C(=O)N[C@@H](CCC(=O)O)C(=O)N[C@@H](Cc1ccccc1)C(=O)O)C(C)C. The van der Waals surface area contributed by atoms with Gasteiger partial charge in [0.15, 0.2) is 0 Å². The van der Waals surface area contributed by atoms with Crippen LogP contribution in [-0.2, 0) is 59.2 Å². The first kappa shape index (κ1) is 57.3. The average Bonchev–Trinajstić information content (AvgIpc) is 3.21. The molecule has 0 unspecified atom stereocenters. The van der Waals surface area contributed by atoms with Crippen molar-refractivity contribution in [3.05, 3.63) is 35.9 Å². The third kappa shape index (κ3) is 21.8. The summed E-state index contributed by atoms with van der Waals surface area (Å²) in [7, 11) is 0. The number of aliphatic hydroxyl groups excluding tert-OH is 1. The molecule has 0 radical (unpaired) electrons. The van der Waals surface area contributed by atoms with Gasteiger partial charge in [-0.05, 0) is 50.5 Å². The number of carboxylic acids is 3. The third-order valence-electron chi connectivity index (χ3n) is 9.90. The monoisotopic (exact) mass is 935 g/mol. The number of hydrogen-bond acceptors (Lipinski definition) is 13. The summed E-state index contributed by atoms with van der Waals surface area (Å²) < 4.78 is 0. The van der Waals surface area contributed by atoms with E-state index < -0.39 is 158 Å². The van der Waals surface area contributed by atoms with Crippen LogP contribution in [0.4, 0.5) is 0 Å². The standard InChI is InChI=1S/C42H65N9O15/c1-20(2)16-27(48-40(63)28(18-31(44)53)49-37(60)22(5)45-38(61)25(43)12-14-33(55)56)30(52)19-32(54)51-35(21(3)4)41(64)46-23(6)36(59)47-26(13-15-34(57)58)39(62)50-29(42(65)66)17-24-10-8-7-9-11-24/h7-11,20-23,25-30,35,52H,12-19,43H2,1-6H3,(H2,44,53)(H,45,61)(H,46,64)(H,47,59)(H,48,63)(H,49,60)(H,50,62)(H,51,54)(H,55,56)(H,57,58)(H,65,66)/t22-,23-,25-,26-,27-,28-,29-,30-,35-/m0/s1. The minimum atomic E-state index is -1.61. The number of carboxylic acid groups (broad SMARTS) is 3. The quantitative estimate of drug-likeness (QED) is 0.0369. The molecule has 9 atom stereocenters. The summed E-state index contributed by atoms with van der Waals surface area (Å²) in [6.45, 7) is 9.13. The van der Waals surface area contributed by atoms with Gasteiger partial charge in [0.25, 0.3) is 0 Å². The van der Waals surface area contributed by atoms with Gasteiger partial charge in [-0.2, -0.15) is 0 Å². The van der Waals surface area contributed by atoms with Gasteiger partial charge >= 0.3 is 17.9 Å². The topological polar surface area (TPSA) is 405 Å². The van der Waals surface area contributed by atoms with Crippen molar-refractivity contribution in [3.8, 4) is 0 Å². The summed E-state index contributed by atoms with van der Waals surface area (Å²) >= 11 is 0. The normalized spacial score (nSPS) is 15.2. The lowest BCUT2D eigenvalue weighted by molar-refractivity contribution is -0.143. The zero-order chi connectivity index (χ0) is 50.4. The van der Waals surface area contributed by atoms with Crippen LogP contribution in [-0.4, -0.2) is 140 Å². The van der Waals surface area contributed by atoms with Gasteiger partial charge < -0.3 is 69.1 Å². The number of amides is 8. The lowest BCUT2D eigenvalue weighted by Gasteiger charge is -2.29. The number of benzene rings is 1. The van der Waals surface area contributed by atoms with Crippen LogP contribution in [0.15, 0.2) is 30.3 Å². The first-order chi connectivity index (χ1) is 30.7. The molecule has 1 aromatic rings. The Morgan fingerprint density at radius 2 is 1.08 bits per heavy atom. The molecule has 24 heteroatoms. The summed E-state index contributed by atoms with van der Waals surface area (Å²) in [5.74, 6) is -12.1. The van der Waals surface area contributed by atoms with Gasteiger partial charge in [-0.1, -0.05) is 58.0 Å². The fraction of sp³-hybridized carbons (Fsp3) is 0.595. The van der Waals surface area contributed by atoms with E-state index in [1.807, 2.05) is 0 Å². The lowest BCUT2D eigenvalue weighted by Crippen LogP contribution is -2.58. The van der Waals surface area contributed by atoms with Gasteiger partial charge in [0.05, 0.1) is 31.0 Å². The van der Waals surface area contributed by atoms with Crippen molar-refractivity contribution in [2.75, 3.05) is 0 Å². The van der Waals surface area contributed by atoms with Crippen molar-refractivity contribution < 1.29 is 73.2 Å². The molecule has 368 valence electrons. The van der Waals surface area contributed by atoms with Crippen molar-refractivity contribution in [1.29, 1.82) is 0 Å². The molecule has 0 heterocycles. The summed E-state index contributed by atoms with van der Waals surface area (Å²) in [5, 5.41) is 55.7. The maximum atomic E-state index is 13.5. The zero-order valence-electron chi connectivity index (χ0n) is 37.8. The summed E-state index contributed by atoms with van der Waals surface area (Å²) in [6, 6.07) is -2.60. The molecule has 0 aromatic heterocycles. The second kappa shape index (κ2) is 28.3. The van der Waals surface area contributed by atoms with Crippen LogP contribution < -0.4 is 48.7 Å². The molecule has 0 saturated carbocycles. The van der Waals surface area contributed by atoms with Gasteiger partial charge in [0.1, 0.15) is 36.3 Å². The Morgan fingerprint density at radius 1 is 0.576 bits per heavy atom. The van der Waals surface area contributed by atoms with E-state index in [9.17, 15) is 68.1 Å². The van der Waals surface area contributed by atoms with Crippen LogP contribution >= 0.6 is 0 Å². The number of rotatable bonds is 30. The first-order valence-electron chi connectivity index (χ1n) is 21.3. The van der Waals surface area contributed by atoms with Crippen molar-refractivity contribution in [1.82, 2.24) is 37.2 Å². The number of primary amides is 1. The zero-order valence-corrected chi connectivity index (χ0v) is 37.8. The molecule has 0 bridgehead atoms. The highest BCUT2D eigenvalue weighted by atomic mass is 16.4. The Kier molecular flexibility index (Phi) is 24.6. The molecular weight excluding hydrogens is 871 g/mol. The van der Waals surface area contributed by atoms with E-state index in [4.69, 9.17) is 16.6 Å². The molecule has 0 spiro atoms. The van der Waals surface area contributed by atoms with Crippen LogP contribution in [0, 0.1) is 11.8 Å². The fourth-order valence-corrected chi connectivity index (χ4v) is 6.23. The number of hydrogen-bond donors (Lipinski definition) is 13. The molecule has 0 aliphatic carbocycles. The second-order valence-electron chi connectivity index (χ2n) is 16.6. The molecule has 0 aliphatic rings. The van der Waals surface area contributed by atoms with Gasteiger partial charge in [-0.25, -0.2) is 4.79 Å². The minimum Gasteiger partial charge on any atom is -0.481 e. The summed E-state index contributed by atoms with van der Waals surface area (Å²) in [4.78, 5) is 138. The molecule has 66 heavy (non-hydrogen) atoms. The van der Waals surface area contributed by atoms with Crippen molar-refractivity contribution >= 4 is 65.2 Å². The number of aliphatic hydroxyl groups is 1. The highest BCUT2D eigenvalue weighted by molar-refractivity contribution is 5.96. The van der Waals surface area contributed by atoms with Crippen LogP contribution in [0.25, 0.3) is 0 Å². The molecule has 24 nitrogen and oxygen atoms in total. The lowest BCUT2D eigenvalue weighted by atomic mass is 9.96. The van der Waals surface area contributed by atoms with Crippen LogP contribution in [0.2, 0.25) is 0 Å². The molecule has 0 saturated heterocycles. The van der Waals surface area contributed by atoms with E-state index in [0.717, 1.165) is 0 Å². The first-order valence-corrected chi connectivity index (χ1v) is 21.3. The number of nitrogens with one attached hydrogen (secondary N) is 7. The molecule has 1 rings (SSSR count). The molecule has 0 aliphatic heterocycles. The van der Waals surface area contributed by atoms with Crippen molar-refractivity contribution in [2.45, 2.75) is 147 Å². The van der Waals surface area contributed by atoms with Crippen LogP contribution in [0.1, 0.15) is 92.1 Å². The van der Waals surface area contributed by atoms with Gasteiger partial charge in [0, 0.05) is 19.3 Å². The summed E-state index contributed by atoms with van der Waals surface area (Å²) in [6.07, 6.45) is -4.66. The maximum absolute atomic E-state index is 13.5. The highest BCUT2D eigenvalue weighted by Gasteiger charge is 2.34. The summed E-state index contributed by atoms with van der Waals surface area (Å²) in [5.41, 5.74) is 11.6. The van der Waals surface area contributed by atoms with Gasteiger partial charge in [-0.3, -0.25) is 47.9 Å². The highest BCUT2D eigenvalue weighted by Crippen LogP contribution is 2.14. The fourth-order valence-electron chi connectivity index (χ4n) is 6.23. The van der Waals surface area contributed by atoms with Crippen molar-refractivity contribution in [2.24, 2.45) is 23.3 Å². The molecule has 0 fully saturated rings. The van der Waals surface area contributed by atoms with E-state index in [2.05, 4.69) is 37.2 Å². The number of nitrogens with two attached hydrogens (primary N) is 2. The Balaban J connectivity index is 3.06. The Labute approximate surface area is 381 Å². The number of aliphatic carboxylic acids is 3. The van der Waals surface area contributed by atoms with Gasteiger partial charge in [0.2, 0.25) is 47.3 Å². The third-order valence-corrected chi connectivity index (χ3v) is 9.90. The van der Waals surface area contributed by atoms with E-state index in [-0.39, 0.29) is 25.2 Å².